The summed E-state index contributed by atoms with van der Waals surface area (Å²) in [6, 6.07) is 8.04. The summed E-state index contributed by atoms with van der Waals surface area (Å²) in [6.45, 7) is 3.83. The minimum Gasteiger partial charge on any atom is -0.389 e. The normalized spacial score (nSPS) is 10.5. The van der Waals surface area contributed by atoms with Crippen LogP contribution in [0.2, 0.25) is 0 Å². The molecule has 2 aromatic carbocycles. The van der Waals surface area contributed by atoms with Crippen LogP contribution in [0.3, 0.4) is 0 Å². The Morgan fingerprint density at radius 1 is 1.14 bits per heavy atom. The number of aryl methyl sites for hydroxylation is 2. The van der Waals surface area contributed by atoms with Crippen LogP contribution >= 0.6 is 12.2 Å². The highest BCUT2D eigenvalue weighted by atomic mass is 32.1. The van der Waals surface area contributed by atoms with Crippen molar-refractivity contribution in [1.82, 2.24) is 0 Å². The summed E-state index contributed by atoms with van der Waals surface area (Å²) in [5, 5.41) is 2.99. The van der Waals surface area contributed by atoms with Gasteiger partial charge in [-0.15, -0.1) is 0 Å². The van der Waals surface area contributed by atoms with E-state index in [0.29, 0.717) is 28.9 Å². The lowest BCUT2D eigenvalue weighted by molar-refractivity contribution is 0.608. The van der Waals surface area contributed by atoms with E-state index >= 15 is 0 Å². The van der Waals surface area contributed by atoms with Crippen LogP contribution in [0.1, 0.15) is 22.3 Å². The highest BCUT2D eigenvalue weighted by Gasteiger charge is 2.07. The smallest absolute Gasteiger partial charge is 0.146 e. The van der Waals surface area contributed by atoms with Gasteiger partial charge in [-0.05, 0) is 48.7 Å². The average Bonchev–Trinajstić information content (AvgIpc) is 2.43. The fourth-order valence-corrected chi connectivity index (χ4v) is 2.27. The van der Waals surface area contributed by atoms with Gasteiger partial charge in [0.1, 0.15) is 16.6 Å². The van der Waals surface area contributed by atoms with Crippen molar-refractivity contribution in [3.8, 4) is 0 Å². The number of anilines is 1. The maximum Gasteiger partial charge on any atom is 0.146 e. The number of hydrogen-bond donors (Lipinski definition) is 2. The van der Waals surface area contributed by atoms with Crippen LogP contribution < -0.4 is 11.1 Å². The quantitative estimate of drug-likeness (QED) is 0.843. The molecule has 2 rings (SSSR count). The highest BCUT2D eigenvalue weighted by molar-refractivity contribution is 7.80. The zero-order chi connectivity index (χ0) is 15.6. The van der Waals surface area contributed by atoms with Gasteiger partial charge in [-0.3, -0.25) is 0 Å². The topological polar surface area (TPSA) is 38.0 Å². The van der Waals surface area contributed by atoms with E-state index in [0.717, 1.165) is 5.56 Å². The van der Waals surface area contributed by atoms with Gasteiger partial charge in [-0.1, -0.05) is 24.4 Å². The standard InChI is InChI=1S/C16H16F2N2S/c1-9-5-11(6-10(2)15(9)18)8-20-14-4-3-12(16(19)21)7-13(14)17/h3-7,20H,8H2,1-2H3,(H2,19,21). The van der Waals surface area contributed by atoms with Gasteiger partial charge in [0.25, 0.3) is 0 Å². The summed E-state index contributed by atoms with van der Waals surface area (Å²) in [6.07, 6.45) is 0. The first-order valence-corrected chi connectivity index (χ1v) is 6.88. The molecule has 0 unspecified atom stereocenters. The molecule has 0 aromatic heterocycles. The third-order valence-electron chi connectivity index (χ3n) is 3.23. The Morgan fingerprint density at radius 2 is 1.76 bits per heavy atom. The first-order chi connectivity index (χ1) is 9.88. The van der Waals surface area contributed by atoms with Crippen LogP contribution in [0.15, 0.2) is 30.3 Å². The Bertz CT molecular complexity index is 676. The molecule has 2 aromatic rings. The molecule has 0 heterocycles. The number of thiocarbonyl (C=S) groups is 1. The Labute approximate surface area is 128 Å². The van der Waals surface area contributed by atoms with E-state index in [2.05, 4.69) is 5.32 Å². The Balaban J connectivity index is 2.15. The predicted molar refractivity (Wildman–Crippen MR) is 85.5 cm³/mol. The minimum atomic E-state index is -0.421. The molecule has 110 valence electrons. The molecular weight excluding hydrogens is 290 g/mol. The maximum absolute atomic E-state index is 13.9. The zero-order valence-corrected chi connectivity index (χ0v) is 12.7. The Kier molecular flexibility index (Phi) is 4.53. The molecular formula is C16H16F2N2S. The summed E-state index contributed by atoms with van der Waals surface area (Å²) in [5.41, 5.74) is 8.35. The Hall–Kier alpha value is -2.01. The van der Waals surface area contributed by atoms with Crippen molar-refractivity contribution in [2.45, 2.75) is 20.4 Å². The number of rotatable bonds is 4. The number of nitrogens with one attached hydrogen (secondary N) is 1. The molecule has 5 heteroatoms. The molecule has 0 saturated heterocycles. The molecule has 0 spiro atoms. The fraction of sp³-hybridized carbons (Fsp3) is 0.188. The number of nitrogens with two attached hydrogens (primary N) is 1. The number of hydrogen-bond acceptors (Lipinski definition) is 2. The van der Waals surface area contributed by atoms with Crippen molar-refractivity contribution in [3.05, 3.63) is 64.2 Å². The van der Waals surface area contributed by atoms with E-state index in [9.17, 15) is 8.78 Å². The molecule has 0 bridgehead atoms. The monoisotopic (exact) mass is 306 g/mol. The summed E-state index contributed by atoms with van der Waals surface area (Å²) >= 11 is 4.80. The molecule has 0 saturated carbocycles. The van der Waals surface area contributed by atoms with Gasteiger partial charge >= 0.3 is 0 Å². The number of halogens is 2. The highest BCUT2D eigenvalue weighted by Crippen LogP contribution is 2.19. The summed E-state index contributed by atoms with van der Waals surface area (Å²) in [7, 11) is 0. The maximum atomic E-state index is 13.9. The van der Waals surface area contributed by atoms with Crippen molar-refractivity contribution in [3.63, 3.8) is 0 Å². The third-order valence-corrected chi connectivity index (χ3v) is 3.47. The van der Waals surface area contributed by atoms with Gasteiger partial charge in [0.15, 0.2) is 0 Å². The van der Waals surface area contributed by atoms with E-state index < -0.39 is 5.82 Å². The second-order valence-corrected chi connectivity index (χ2v) is 5.40. The van der Waals surface area contributed by atoms with Gasteiger partial charge in [0, 0.05) is 12.1 Å². The molecule has 0 amide bonds. The van der Waals surface area contributed by atoms with Crippen LogP contribution in [-0.2, 0) is 6.54 Å². The van der Waals surface area contributed by atoms with Crippen LogP contribution in [0.5, 0.6) is 0 Å². The largest absolute Gasteiger partial charge is 0.389 e. The fourth-order valence-electron chi connectivity index (χ4n) is 2.15. The minimum absolute atomic E-state index is 0.158. The van der Waals surface area contributed by atoms with Gasteiger partial charge in [0.2, 0.25) is 0 Å². The van der Waals surface area contributed by atoms with Crippen molar-refractivity contribution in [2.24, 2.45) is 5.73 Å². The van der Waals surface area contributed by atoms with Gasteiger partial charge in [0.05, 0.1) is 5.69 Å². The molecule has 21 heavy (non-hydrogen) atoms. The molecule has 2 nitrogen and oxygen atoms in total. The van der Waals surface area contributed by atoms with Crippen LogP contribution in [-0.4, -0.2) is 4.99 Å². The SMILES string of the molecule is Cc1cc(CNc2ccc(C(N)=S)cc2F)cc(C)c1F. The predicted octanol–water partition coefficient (Wildman–Crippen LogP) is 3.83. The lowest BCUT2D eigenvalue weighted by Gasteiger charge is -2.11. The van der Waals surface area contributed by atoms with Crippen LogP contribution in [0.25, 0.3) is 0 Å². The van der Waals surface area contributed by atoms with Crippen LogP contribution in [0, 0.1) is 25.5 Å². The summed E-state index contributed by atoms with van der Waals surface area (Å²) in [4.78, 5) is 0.158. The lowest BCUT2D eigenvalue weighted by atomic mass is 10.1. The molecule has 0 aliphatic heterocycles. The van der Waals surface area contributed by atoms with Crippen molar-refractivity contribution >= 4 is 22.9 Å². The molecule has 0 aliphatic carbocycles. The Morgan fingerprint density at radius 3 is 2.29 bits per heavy atom. The number of benzene rings is 2. The van der Waals surface area contributed by atoms with Crippen molar-refractivity contribution in [2.75, 3.05) is 5.32 Å². The lowest BCUT2D eigenvalue weighted by Crippen LogP contribution is -2.10. The summed E-state index contributed by atoms with van der Waals surface area (Å²) < 4.78 is 27.5. The van der Waals surface area contributed by atoms with E-state index in [1.807, 2.05) is 0 Å². The van der Waals surface area contributed by atoms with E-state index in [1.165, 1.54) is 6.07 Å². The van der Waals surface area contributed by atoms with E-state index in [4.69, 9.17) is 18.0 Å². The van der Waals surface area contributed by atoms with Crippen molar-refractivity contribution in [1.29, 1.82) is 0 Å². The van der Waals surface area contributed by atoms with E-state index in [1.54, 1.807) is 38.1 Å². The van der Waals surface area contributed by atoms with Gasteiger partial charge in [-0.2, -0.15) is 0 Å². The van der Waals surface area contributed by atoms with Gasteiger partial charge in [-0.25, -0.2) is 8.78 Å². The van der Waals surface area contributed by atoms with Crippen molar-refractivity contribution < 1.29 is 8.78 Å². The van der Waals surface area contributed by atoms with E-state index in [-0.39, 0.29) is 10.8 Å². The molecule has 0 radical (unpaired) electrons. The third kappa shape index (κ3) is 3.55. The van der Waals surface area contributed by atoms with Gasteiger partial charge < -0.3 is 11.1 Å². The van der Waals surface area contributed by atoms with Crippen LogP contribution in [0.4, 0.5) is 14.5 Å². The molecule has 3 N–H and O–H groups in total. The second kappa shape index (κ2) is 6.18. The molecule has 0 atom stereocenters. The first kappa shape index (κ1) is 15.4. The second-order valence-electron chi connectivity index (χ2n) is 4.96. The summed E-state index contributed by atoms with van der Waals surface area (Å²) in [5.74, 6) is -0.624. The average molecular weight is 306 g/mol. The molecule has 0 aliphatic rings. The first-order valence-electron chi connectivity index (χ1n) is 6.47. The zero-order valence-electron chi connectivity index (χ0n) is 11.8. The molecule has 0 fully saturated rings.